The highest BCUT2D eigenvalue weighted by molar-refractivity contribution is 5.79. The Hall–Kier alpha value is -0.810. The third kappa shape index (κ3) is 10.9. The molecular formula is C17H38N4O. The van der Waals surface area contributed by atoms with E-state index in [1.165, 1.54) is 0 Å². The van der Waals surface area contributed by atoms with E-state index >= 15 is 0 Å². The van der Waals surface area contributed by atoms with E-state index in [-0.39, 0.29) is 0 Å². The van der Waals surface area contributed by atoms with Gasteiger partial charge in [0.1, 0.15) is 0 Å². The van der Waals surface area contributed by atoms with Gasteiger partial charge in [0.15, 0.2) is 5.96 Å². The first kappa shape index (κ1) is 21.2. The molecule has 132 valence electrons. The van der Waals surface area contributed by atoms with Crippen molar-refractivity contribution < 1.29 is 4.74 Å². The van der Waals surface area contributed by atoms with Crippen molar-refractivity contribution in [1.82, 2.24) is 15.5 Å². The number of rotatable bonds is 12. The molecule has 1 unspecified atom stereocenters. The number of likely N-dealkylation sites (N-methyl/N-ethyl adjacent to an activating group) is 1. The molecule has 0 aromatic carbocycles. The maximum Gasteiger partial charge on any atom is 0.191 e. The van der Waals surface area contributed by atoms with Gasteiger partial charge in [-0.15, -0.1) is 0 Å². The summed E-state index contributed by atoms with van der Waals surface area (Å²) in [6.45, 7) is 19.5. The van der Waals surface area contributed by atoms with Gasteiger partial charge in [0.05, 0.1) is 6.54 Å². The minimum absolute atomic E-state index is 0.472. The second-order valence-corrected chi connectivity index (χ2v) is 6.04. The molecule has 0 aliphatic heterocycles. The van der Waals surface area contributed by atoms with Gasteiger partial charge in [-0.3, -0.25) is 9.89 Å². The smallest absolute Gasteiger partial charge is 0.191 e. The fraction of sp³-hybridized carbons (Fsp3) is 0.941. The standard InChI is InChI=1S/C17H38N4O/c1-7-18-17(19-11-10-12-22-14-15(4)5)20-13-16(6)21(8-2)9-3/h15-16H,7-14H2,1-6H3,(H2,18,19,20). The highest BCUT2D eigenvalue weighted by Gasteiger charge is 2.09. The Kier molecular flexibility index (Phi) is 13.3. The van der Waals surface area contributed by atoms with Gasteiger partial charge >= 0.3 is 0 Å². The highest BCUT2D eigenvalue weighted by Crippen LogP contribution is 1.98. The predicted molar refractivity (Wildman–Crippen MR) is 96.6 cm³/mol. The van der Waals surface area contributed by atoms with E-state index in [4.69, 9.17) is 4.74 Å². The Labute approximate surface area is 137 Å². The van der Waals surface area contributed by atoms with Crippen LogP contribution in [0.1, 0.15) is 48.0 Å². The third-order valence-corrected chi connectivity index (χ3v) is 3.50. The van der Waals surface area contributed by atoms with Gasteiger partial charge in [0.2, 0.25) is 0 Å². The van der Waals surface area contributed by atoms with Gasteiger partial charge in [0.25, 0.3) is 0 Å². The molecule has 0 amide bonds. The van der Waals surface area contributed by atoms with Crippen LogP contribution >= 0.6 is 0 Å². The summed E-state index contributed by atoms with van der Waals surface area (Å²) in [7, 11) is 0. The number of aliphatic imine (C=N–C) groups is 1. The molecule has 0 fully saturated rings. The maximum atomic E-state index is 5.59. The van der Waals surface area contributed by atoms with E-state index in [0.29, 0.717) is 12.0 Å². The quantitative estimate of drug-likeness (QED) is 0.330. The lowest BCUT2D eigenvalue weighted by atomic mass is 10.2. The van der Waals surface area contributed by atoms with Crippen LogP contribution in [0.2, 0.25) is 0 Å². The summed E-state index contributed by atoms with van der Waals surface area (Å²) in [6, 6.07) is 0.472. The fourth-order valence-electron chi connectivity index (χ4n) is 2.23. The third-order valence-electron chi connectivity index (χ3n) is 3.50. The van der Waals surface area contributed by atoms with Crippen molar-refractivity contribution in [1.29, 1.82) is 0 Å². The second-order valence-electron chi connectivity index (χ2n) is 6.04. The zero-order valence-electron chi connectivity index (χ0n) is 15.6. The number of hydrogen-bond donors (Lipinski definition) is 2. The van der Waals surface area contributed by atoms with Crippen molar-refractivity contribution in [3.63, 3.8) is 0 Å². The Balaban J connectivity index is 4.05. The lowest BCUT2D eigenvalue weighted by Crippen LogP contribution is -2.40. The largest absolute Gasteiger partial charge is 0.381 e. The van der Waals surface area contributed by atoms with Gasteiger partial charge in [-0.1, -0.05) is 27.7 Å². The molecule has 0 aliphatic rings. The summed E-state index contributed by atoms with van der Waals surface area (Å²) in [6.07, 6.45) is 1.00. The molecule has 0 radical (unpaired) electrons. The van der Waals surface area contributed by atoms with Crippen molar-refractivity contribution in [3.05, 3.63) is 0 Å². The SMILES string of the molecule is CCNC(=NCC(C)N(CC)CC)NCCCOCC(C)C. The molecule has 0 rings (SSSR count). The minimum atomic E-state index is 0.472. The average Bonchev–Trinajstić information content (AvgIpc) is 2.49. The molecule has 0 aromatic rings. The Bertz CT molecular complexity index is 278. The number of ether oxygens (including phenoxy) is 1. The van der Waals surface area contributed by atoms with Gasteiger partial charge in [-0.05, 0) is 39.3 Å². The van der Waals surface area contributed by atoms with Crippen molar-refractivity contribution in [3.8, 4) is 0 Å². The van der Waals surface area contributed by atoms with E-state index < -0.39 is 0 Å². The van der Waals surface area contributed by atoms with Crippen LogP contribution in [0.5, 0.6) is 0 Å². The number of nitrogens with zero attached hydrogens (tertiary/aromatic N) is 2. The van der Waals surface area contributed by atoms with Gasteiger partial charge in [-0.25, -0.2) is 0 Å². The predicted octanol–water partition coefficient (Wildman–Crippen LogP) is 2.33. The van der Waals surface area contributed by atoms with Crippen LogP contribution in [0, 0.1) is 5.92 Å². The number of hydrogen-bond acceptors (Lipinski definition) is 3. The molecule has 0 spiro atoms. The number of guanidine groups is 1. The van der Waals surface area contributed by atoms with Crippen LogP contribution < -0.4 is 10.6 Å². The van der Waals surface area contributed by atoms with Crippen molar-refractivity contribution in [2.24, 2.45) is 10.9 Å². The number of nitrogens with one attached hydrogen (secondary N) is 2. The van der Waals surface area contributed by atoms with Crippen LogP contribution in [0.4, 0.5) is 0 Å². The Morgan fingerprint density at radius 1 is 1.09 bits per heavy atom. The van der Waals surface area contributed by atoms with Crippen molar-refractivity contribution in [2.75, 3.05) is 45.9 Å². The summed E-state index contributed by atoms with van der Waals surface area (Å²) in [4.78, 5) is 7.11. The molecule has 0 heterocycles. The summed E-state index contributed by atoms with van der Waals surface area (Å²) < 4.78 is 5.59. The molecule has 0 saturated heterocycles. The molecule has 0 saturated carbocycles. The van der Waals surface area contributed by atoms with E-state index in [1.54, 1.807) is 0 Å². The van der Waals surface area contributed by atoms with Crippen LogP contribution in [0.25, 0.3) is 0 Å². The normalized spacial score (nSPS) is 13.7. The molecule has 5 heteroatoms. The van der Waals surface area contributed by atoms with E-state index in [2.05, 4.69) is 62.1 Å². The topological polar surface area (TPSA) is 48.9 Å². The summed E-state index contributed by atoms with van der Waals surface area (Å²) in [5, 5.41) is 6.68. The summed E-state index contributed by atoms with van der Waals surface area (Å²) in [5.74, 6) is 1.51. The fourth-order valence-corrected chi connectivity index (χ4v) is 2.23. The van der Waals surface area contributed by atoms with E-state index in [0.717, 1.165) is 58.3 Å². The van der Waals surface area contributed by atoms with Gasteiger partial charge < -0.3 is 15.4 Å². The minimum Gasteiger partial charge on any atom is -0.381 e. The second kappa shape index (κ2) is 13.8. The Morgan fingerprint density at radius 2 is 1.77 bits per heavy atom. The van der Waals surface area contributed by atoms with E-state index in [1.807, 2.05) is 0 Å². The molecular weight excluding hydrogens is 276 g/mol. The summed E-state index contributed by atoms with van der Waals surface area (Å²) >= 11 is 0. The average molecular weight is 315 g/mol. The monoisotopic (exact) mass is 314 g/mol. The molecule has 1 atom stereocenters. The molecule has 2 N–H and O–H groups in total. The molecule has 0 bridgehead atoms. The molecule has 22 heavy (non-hydrogen) atoms. The van der Waals surface area contributed by atoms with Crippen molar-refractivity contribution >= 4 is 5.96 Å². The highest BCUT2D eigenvalue weighted by atomic mass is 16.5. The molecule has 5 nitrogen and oxygen atoms in total. The lowest BCUT2D eigenvalue weighted by molar-refractivity contribution is 0.108. The summed E-state index contributed by atoms with van der Waals surface area (Å²) in [5.41, 5.74) is 0. The first-order valence-corrected chi connectivity index (χ1v) is 8.88. The first-order valence-electron chi connectivity index (χ1n) is 8.88. The lowest BCUT2D eigenvalue weighted by Gasteiger charge is -2.25. The van der Waals surface area contributed by atoms with E-state index in [9.17, 15) is 0 Å². The van der Waals surface area contributed by atoms with Crippen LogP contribution in [0.3, 0.4) is 0 Å². The van der Waals surface area contributed by atoms with Crippen LogP contribution in [-0.2, 0) is 4.74 Å². The molecule has 0 aliphatic carbocycles. The van der Waals surface area contributed by atoms with Gasteiger partial charge in [-0.2, -0.15) is 0 Å². The molecule has 0 aromatic heterocycles. The maximum absolute atomic E-state index is 5.59. The first-order chi connectivity index (χ1) is 10.5. The van der Waals surface area contributed by atoms with Gasteiger partial charge in [0, 0.05) is 32.3 Å². The Morgan fingerprint density at radius 3 is 2.32 bits per heavy atom. The zero-order valence-corrected chi connectivity index (χ0v) is 15.6. The van der Waals surface area contributed by atoms with Crippen molar-refractivity contribution in [2.45, 2.75) is 54.0 Å². The van der Waals surface area contributed by atoms with Crippen LogP contribution in [0.15, 0.2) is 4.99 Å². The van der Waals surface area contributed by atoms with Crippen LogP contribution in [-0.4, -0.2) is 62.8 Å². The zero-order chi connectivity index (χ0) is 16.8.